The third-order valence-corrected chi connectivity index (χ3v) is 1.89. The zero-order valence-electron chi connectivity index (χ0n) is 5.71. The maximum absolute atomic E-state index is 10.2. The van der Waals surface area contributed by atoms with Crippen molar-refractivity contribution in [2.24, 2.45) is 5.73 Å². The zero-order chi connectivity index (χ0) is 7.82. The zero-order valence-corrected chi connectivity index (χ0v) is 6.52. The number of nitrogens with two attached hydrogens (primary N) is 1. The Balaban J connectivity index is 2.90. The van der Waals surface area contributed by atoms with E-state index in [1.54, 1.807) is 11.8 Å². The van der Waals surface area contributed by atoms with Gasteiger partial charge >= 0.3 is 0 Å². The minimum absolute atomic E-state index is 0.279. The van der Waals surface area contributed by atoms with Crippen LogP contribution in [0.15, 0.2) is 0 Å². The number of aldehydes is 1. The molecule has 2 N–H and O–H groups in total. The van der Waals surface area contributed by atoms with Crippen LogP contribution in [0.3, 0.4) is 0 Å². The normalized spacial score (nSPS) is 9.20. The molecule has 0 bridgehead atoms. The number of rotatable bonds is 6. The second kappa shape index (κ2) is 6.61. The largest absolute Gasteiger partial charge is 0.370 e. The lowest BCUT2D eigenvalue weighted by Crippen LogP contribution is -2.11. The van der Waals surface area contributed by atoms with Crippen LogP contribution >= 0.6 is 11.8 Å². The Morgan fingerprint density at radius 3 is 2.70 bits per heavy atom. The Bertz CT molecular complexity index is 116. The van der Waals surface area contributed by atoms with Crippen LogP contribution < -0.4 is 5.73 Å². The van der Waals surface area contributed by atoms with Gasteiger partial charge in [0.15, 0.2) is 0 Å². The summed E-state index contributed by atoms with van der Waals surface area (Å²) in [7, 11) is 0. The van der Waals surface area contributed by atoms with E-state index in [1.807, 2.05) is 0 Å². The molecule has 0 aromatic heterocycles. The molecule has 0 rings (SSSR count). The Kier molecular flexibility index (Phi) is 6.27. The van der Waals surface area contributed by atoms with E-state index in [4.69, 9.17) is 5.73 Å². The summed E-state index contributed by atoms with van der Waals surface area (Å²) in [6.45, 7) is 0. The van der Waals surface area contributed by atoms with Crippen molar-refractivity contribution in [2.75, 3.05) is 11.5 Å². The van der Waals surface area contributed by atoms with Gasteiger partial charge in [-0.15, -0.1) is 0 Å². The van der Waals surface area contributed by atoms with Gasteiger partial charge in [0.1, 0.15) is 6.29 Å². The van der Waals surface area contributed by atoms with Crippen LogP contribution in [0, 0.1) is 0 Å². The van der Waals surface area contributed by atoms with Crippen molar-refractivity contribution >= 4 is 24.0 Å². The van der Waals surface area contributed by atoms with Crippen molar-refractivity contribution in [3.63, 3.8) is 0 Å². The minimum Gasteiger partial charge on any atom is -0.370 e. The molecular weight excluding hydrogens is 150 g/mol. The molecule has 0 atom stereocenters. The number of amides is 1. The van der Waals surface area contributed by atoms with E-state index in [1.165, 1.54) is 0 Å². The molecule has 1 amide bonds. The molecule has 0 aromatic rings. The van der Waals surface area contributed by atoms with Gasteiger partial charge in [0.2, 0.25) is 5.91 Å². The van der Waals surface area contributed by atoms with Crippen LogP contribution in [0.4, 0.5) is 0 Å². The van der Waals surface area contributed by atoms with E-state index < -0.39 is 0 Å². The van der Waals surface area contributed by atoms with Gasteiger partial charge in [0, 0.05) is 18.6 Å². The fourth-order valence-electron chi connectivity index (χ4n) is 0.406. The van der Waals surface area contributed by atoms with Gasteiger partial charge in [0.25, 0.3) is 0 Å². The standard InChI is InChI=1S/C6H11NO2S/c7-6(9)2-5-10-4-1-3-8/h3H,1-2,4-5H2,(H2,7,9). The summed E-state index contributed by atoms with van der Waals surface area (Å²) in [5.41, 5.74) is 4.89. The number of primary amides is 1. The number of carbonyl (C=O) groups excluding carboxylic acids is 2. The number of hydrogen-bond donors (Lipinski definition) is 1. The molecule has 0 radical (unpaired) electrons. The topological polar surface area (TPSA) is 60.2 Å². The van der Waals surface area contributed by atoms with Crippen molar-refractivity contribution in [2.45, 2.75) is 12.8 Å². The molecule has 0 aliphatic heterocycles. The van der Waals surface area contributed by atoms with Gasteiger partial charge in [-0.1, -0.05) is 0 Å². The molecule has 0 aliphatic rings. The Labute approximate surface area is 64.4 Å². The summed E-state index contributed by atoms with van der Waals surface area (Å²) in [5.74, 6) is 1.23. The molecule has 10 heavy (non-hydrogen) atoms. The van der Waals surface area contributed by atoms with Gasteiger partial charge < -0.3 is 10.5 Å². The van der Waals surface area contributed by atoms with Crippen molar-refractivity contribution in [3.8, 4) is 0 Å². The maximum atomic E-state index is 10.2. The lowest BCUT2D eigenvalue weighted by Gasteiger charge is -1.93. The van der Waals surface area contributed by atoms with Crippen LogP contribution in [-0.2, 0) is 9.59 Å². The third-order valence-electron chi connectivity index (χ3n) is 0.873. The van der Waals surface area contributed by atoms with Crippen LogP contribution in [0.2, 0.25) is 0 Å². The van der Waals surface area contributed by atoms with E-state index in [9.17, 15) is 9.59 Å². The molecule has 0 unspecified atom stereocenters. The summed E-state index contributed by atoms with van der Waals surface area (Å²) in [4.78, 5) is 20.0. The molecule has 58 valence electrons. The smallest absolute Gasteiger partial charge is 0.218 e. The summed E-state index contributed by atoms with van der Waals surface area (Å²) in [6.07, 6.45) is 1.84. The van der Waals surface area contributed by atoms with Crippen LogP contribution in [0.1, 0.15) is 12.8 Å². The molecule has 0 heterocycles. The van der Waals surface area contributed by atoms with Crippen LogP contribution in [0.25, 0.3) is 0 Å². The maximum Gasteiger partial charge on any atom is 0.218 e. The Morgan fingerprint density at radius 1 is 1.50 bits per heavy atom. The third kappa shape index (κ3) is 7.49. The number of thioether (sulfide) groups is 1. The Hall–Kier alpha value is -0.510. The van der Waals surface area contributed by atoms with Crippen molar-refractivity contribution in [1.29, 1.82) is 0 Å². The van der Waals surface area contributed by atoms with Gasteiger partial charge in [0.05, 0.1) is 0 Å². The fourth-order valence-corrected chi connectivity index (χ4v) is 1.22. The van der Waals surface area contributed by atoms with E-state index in [0.717, 1.165) is 17.8 Å². The number of carbonyl (C=O) groups is 2. The summed E-state index contributed by atoms with van der Waals surface area (Å²) < 4.78 is 0. The second-order valence-electron chi connectivity index (χ2n) is 1.78. The van der Waals surface area contributed by atoms with E-state index >= 15 is 0 Å². The highest BCUT2D eigenvalue weighted by atomic mass is 32.2. The molecule has 4 heteroatoms. The molecule has 0 aliphatic carbocycles. The molecule has 0 saturated carbocycles. The fraction of sp³-hybridized carbons (Fsp3) is 0.667. The predicted octanol–water partition coefficient (Wildman–Crippen LogP) is 0.184. The first-order valence-corrected chi connectivity index (χ1v) is 4.22. The van der Waals surface area contributed by atoms with Gasteiger partial charge in [-0.2, -0.15) is 11.8 Å². The van der Waals surface area contributed by atoms with E-state index in [-0.39, 0.29) is 5.91 Å². The predicted molar refractivity (Wildman–Crippen MR) is 41.8 cm³/mol. The summed E-state index contributed by atoms with van der Waals surface area (Å²) in [6, 6.07) is 0. The molecular formula is C6H11NO2S. The first kappa shape index (κ1) is 9.49. The average Bonchev–Trinajstić information content (AvgIpc) is 1.87. The summed E-state index contributed by atoms with van der Waals surface area (Å²) in [5, 5.41) is 0. The lowest BCUT2D eigenvalue weighted by atomic mass is 10.5. The monoisotopic (exact) mass is 161 g/mol. The van der Waals surface area contributed by atoms with Gasteiger partial charge in [-0.25, -0.2) is 0 Å². The molecule has 0 aromatic carbocycles. The molecule has 0 saturated heterocycles. The van der Waals surface area contributed by atoms with Crippen molar-refractivity contribution < 1.29 is 9.59 Å². The Morgan fingerprint density at radius 2 is 2.20 bits per heavy atom. The summed E-state index contributed by atoms with van der Waals surface area (Å²) >= 11 is 1.57. The first-order chi connectivity index (χ1) is 4.77. The lowest BCUT2D eigenvalue weighted by molar-refractivity contribution is -0.117. The quantitative estimate of drug-likeness (QED) is 0.446. The van der Waals surface area contributed by atoms with Crippen molar-refractivity contribution in [3.05, 3.63) is 0 Å². The molecule has 0 fully saturated rings. The number of hydrogen-bond acceptors (Lipinski definition) is 3. The van der Waals surface area contributed by atoms with Crippen LogP contribution in [-0.4, -0.2) is 23.7 Å². The highest BCUT2D eigenvalue weighted by molar-refractivity contribution is 7.99. The average molecular weight is 161 g/mol. The van der Waals surface area contributed by atoms with Crippen molar-refractivity contribution in [1.82, 2.24) is 0 Å². The first-order valence-electron chi connectivity index (χ1n) is 3.07. The van der Waals surface area contributed by atoms with Crippen LogP contribution in [0.5, 0.6) is 0 Å². The SMILES string of the molecule is NC(=O)CCSCCC=O. The molecule has 3 nitrogen and oxygen atoms in total. The van der Waals surface area contributed by atoms with Gasteiger partial charge in [-0.3, -0.25) is 4.79 Å². The minimum atomic E-state index is -0.279. The van der Waals surface area contributed by atoms with E-state index in [2.05, 4.69) is 0 Å². The highest BCUT2D eigenvalue weighted by Crippen LogP contribution is 2.02. The molecule has 0 spiro atoms. The highest BCUT2D eigenvalue weighted by Gasteiger charge is 1.93. The second-order valence-corrected chi connectivity index (χ2v) is 3.01. The van der Waals surface area contributed by atoms with Gasteiger partial charge in [-0.05, 0) is 5.75 Å². The van der Waals surface area contributed by atoms with E-state index in [0.29, 0.717) is 12.8 Å².